The maximum atomic E-state index is 12.6. The predicted molar refractivity (Wildman–Crippen MR) is 104 cm³/mol. The number of anilines is 1. The SMILES string of the molecule is CC(=O)Nc1ccc(C(=O)[C@@H](C)Oc2ccc(Cl)c3ccccc23)cc1. The fourth-order valence-electron chi connectivity index (χ4n) is 2.74. The number of Topliss-reactive ketones (excluding diaryl/α,β-unsaturated/α-hetero) is 1. The van der Waals surface area contributed by atoms with Gasteiger partial charge in [-0.3, -0.25) is 9.59 Å². The summed E-state index contributed by atoms with van der Waals surface area (Å²) in [6, 6.07) is 17.9. The highest BCUT2D eigenvalue weighted by Crippen LogP contribution is 2.32. The molecule has 0 spiro atoms. The molecule has 3 aromatic rings. The summed E-state index contributed by atoms with van der Waals surface area (Å²) in [6.07, 6.45) is -0.661. The first-order valence-electron chi connectivity index (χ1n) is 8.21. The van der Waals surface area contributed by atoms with Crippen LogP contribution in [0.5, 0.6) is 5.75 Å². The Bertz CT molecular complexity index is 967. The maximum Gasteiger partial charge on any atom is 0.221 e. The first-order valence-corrected chi connectivity index (χ1v) is 8.59. The smallest absolute Gasteiger partial charge is 0.221 e. The van der Waals surface area contributed by atoms with Crippen LogP contribution in [-0.4, -0.2) is 17.8 Å². The number of amides is 1. The van der Waals surface area contributed by atoms with Gasteiger partial charge in [0.15, 0.2) is 6.10 Å². The van der Waals surface area contributed by atoms with Gasteiger partial charge in [0, 0.05) is 34.0 Å². The minimum Gasteiger partial charge on any atom is -0.482 e. The highest BCUT2D eigenvalue weighted by molar-refractivity contribution is 6.35. The number of hydrogen-bond donors (Lipinski definition) is 1. The van der Waals surface area contributed by atoms with Gasteiger partial charge in [-0.15, -0.1) is 0 Å². The van der Waals surface area contributed by atoms with Crippen molar-refractivity contribution in [1.29, 1.82) is 0 Å². The van der Waals surface area contributed by atoms with Crippen molar-refractivity contribution < 1.29 is 14.3 Å². The Morgan fingerprint density at radius 3 is 2.27 bits per heavy atom. The lowest BCUT2D eigenvalue weighted by Crippen LogP contribution is -2.24. The number of fused-ring (bicyclic) bond motifs is 1. The van der Waals surface area contributed by atoms with E-state index in [9.17, 15) is 9.59 Å². The first kappa shape index (κ1) is 18.0. The molecular weight excluding hydrogens is 350 g/mol. The van der Waals surface area contributed by atoms with Crippen molar-refractivity contribution >= 4 is 39.8 Å². The van der Waals surface area contributed by atoms with Crippen molar-refractivity contribution in [2.24, 2.45) is 0 Å². The standard InChI is InChI=1S/C21H18ClNO3/c1-13(21(25)15-7-9-16(10-8-15)23-14(2)24)26-20-12-11-19(22)17-5-3-4-6-18(17)20/h3-13H,1-2H3,(H,23,24)/t13-/m1/s1. The van der Waals surface area contributed by atoms with Crippen molar-refractivity contribution in [3.63, 3.8) is 0 Å². The van der Waals surface area contributed by atoms with Gasteiger partial charge in [-0.2, -0.15) is 0 Å². The van der Waals surface area contributed by atoms with E-state index >= 15 is 0 Å². The highest BCUT2D eigenvalue weighted by atomic mass is 35.5. The van der Waals surface area contributed by atoms with Gasteiger partial charge >= 0.3 is 0 Å². The average molecular weight is 368 g/mol. The molecule has 1 amide bonds. The average Bonchev–Trinajstić information content (AvgIpc) is 2.64. The van der Waals surface area contributed by atoms with Crippen LogP contribution in [0.25, 0.3) is 10.8 Å². The molecule has 0 heterocycles. The minimum absolute atomic E-state index is 0.140. The van der Waals surface area contributed by atoms with Gasteiger partial charge in [-0.05, 0) is 43.3 Å². The quantitative estimate of drug-likeness (QED) is 0.638. The molecule has 1 atom stereocenters. The molecule has 0 saturated carbocycles. The van der Waals surface area contributed by atoms with Crippen molar-refractivity contribution in [3.8, 4) is 5.75 Å². The van der Waals surface area contributed by atoms with Gasteiger partial charge in [-0.1, -0.05) is 35.9 Å². The van der Waals surface area contributed by atoms with Crippen LogP contribution >= 0.6 is 11.6 Å². The second-order valence-corrected chi connectivity index (χ2v) is 6.38. The normalized spacial score (nSPS) is 11.8. The Labute approximate surface area is 156 Å². The van der Waals surface area contributed by atoms with Crippen molar-refractivity contribution in [2.45, 2.75) is 20.0 Å². The zero-order chi connectivity index (χ0) is 18.7. The van der Waals surface area contributed by atoms with Crippen LogP contribution < -0.4 is 10.1 Å². The third kappa shape index (κ3) is 3.86. The van der Waals surface area contributed by atoms with Gasteiger partial charge in [0.2, 0.25) is 11.7 Å². The largest absolute Gasteiger partial charge is 0.482 e. The number of ketones is 1. The maximum absolute atomic E-state index is 12.6. The number of ether oxygens (including phenoxy) is 1. The van der Waals surface area contributed by atoms with E-state index in [0.29, 0.717) is 22.0 Å². The molecule has 0 aliphatic rings. The topological polar surface area (TPSA) is 55.4 Å². The summed E-state index contributed by atoms with van der Waals surface area (Å²) in [5.41, 5.74) is 1.16. The fraction of sp³-hybridized carbons (Fsp3) is 0.143. The lowest BCUT2D eigenvalue weighted by atomic mass is 10.1. The third-order valence-corrected chi connectivity index (χ3v) is 4.32. The second kappa shape index (κ2) is 7.58. The zero-order valence-electron chi connectivity index (χ0n) is 14.5. The number of carbonyl (C=O) groups excluding carboxylic acids is 2. The number of nitrogens with one attached hydrogen (secondary N) is 1. The second-order valence-electron chi connectivity index (χ2n) is 5.97. The predicted octanol–water partition coefficient (Wildman–Crippen LogP) is 5.10. The number of rotatable bonds is 5. The van der Waals surface area contributed by atoms with E-state index in [-0.39, 0.29) is 11.7 Å². The van der Waals surface area contributed by atoms with Crippen molar-refractivity contribution in [1.82, 2.24) is 0 Å². The van der Waals surface area contributed by atoms with Crippen LogP contribution in [0, 0.1) is 0 Å². The molecule has 0 aromatic heterocycles. The molecule has 1 N–H and O–H groups in total. The molecule has 3 aromatic carbocycles. The molecular formula is C21H18ClNO3. The summed E-state index contributed by atoms with van der Waals surface area (Å²) in [6.45, 7) is 3.15. The summed E-state index contributed by atoms with van der Waals surface area (Å²) in [4.78, 5) is 23.7. The van der Waals surface area contributed by atoms with E-state index < -0.39 is 6.10 Å². The summed E-state index contributed by atoms with van der Waals surface area (Å²) in [5.74, 6) is 0.314. The molecule has 0 aliphatic heterocycles. The Morgan fingerprint density at radius 2 is 1.62 bits per heavy atom. The molecule has 4 nitrogen and oxygen atoms in total. The molecule has 3 rings (SSSR count). The monoisotopic (exact) mass is 367 g/mol. The summed E-state index contributed by atoms with van der Waals surface area (Å²) in [5, 5.41) is 5.05. The van der Waals surface area contributed by atoms with Gasteiger partial charge in [0.1, 0.15) is 5.75 Å². The van der Waals surface area contributed by atoms with Crippen molar-refractivity contribution in [2.75, 3.05) is 5.32 Å². The lowest BCUT2D eigenvalue weighted by molar-refractivity contribution is -0.114. The summed E-state index contributed by atoms with van der Waals surface area (Å²) < 4.78 is 5.92. The molecule has 0 fully saturated rings. The van der Waals surface area contributed by atoms with E-state index in [1.807, 2.05) is 24.3 Å². The van der Waals surface area contributed by atoms with Crippen LogP contribution in [0.2, 0.25) is 5.02 Å². The number of hydrogen-bond acceptors (Lipinski definition) is 3. The zero-order valence-corrected chi connectivity index (χ0v) is 15.2. The minimum atomic E-state index is -0.661. The number of benzene rings is 3. The third-order valence-electron chi connectivity index (χ3n) is 3.99. The van der Waals surface area contributed by atoms with Crippen LogP contribution in [0.15, 0.2) is 60.7 Å². The van der Waals surface area contributed by atoms with Crippen LogP contribution in [0.1, 0.15) is 24.2 Å². The lowest BCUT2D eigenvalue weighted by Gasteiger charge is -2.16. The van der Waals surface area contributed by atoms with Crippen LogP contribution in [-0.2, 0) is 4.79 Å². The van der Waals surface area contributed by atoms with E-state index in [4.69, 9.17) is 16.3 Å². The van der Waals surface area contributed by atoms with Gasteiger partial charge in [0.05, 0.1) is 0 Å². The fourth-order valence-corrected chi connectivity index (χ4v) is 2.96. The highest BCUT2D eigenvalue weighted by Gasteiger charge is 2.18. The molecule has 0 radical (unpaired) electrons. The number of halogens is 1. The Morgan fingerprint density at radius 1 is 0.962 bits per heavy atom. The Balaban J connectivity index is 1.80. The van der Waals surface area contributed by atoms with Gasteiger partial charge < -0.3 is 10.1 Å². The van der Waals surface area contributed by atoms with Crippen LogP contribution in [0.4, 0.5) is 5.69 Å². The number of carbonyl (C=O) groups is 2. The molecule has 0 bridgehead atoms. The molecule has 0 aliphatic carbocycles. The molecule has 132 valence electrons. The van der Waals surface area contributed by atoms with E-state index in [2.05, 4.69) is 5.32 Å². The van der Waals surface area contributed by atoms with Crippen molar-refractivity contribution in [3.05, 3.63) is 71.2 Å². The summed E-state index contributed by atoms with van der Waals surface area (Å²) in [7, 11) is 0. The molecule has 0 unspecified atom stereocenters. The van der Waals surface area contributed by atoms with Gasteiger partial charge in [0.25, 0.3) is 0 Å². The molecule has 0 saturated heterocycles. The Kier molecular flexibility index (Phi) is 5.24. The van der Waals surface area contributed by atoms with Crippen LogP contribution in [0.3, 0.4) is 0 Å². The Hall–Kier alpha value is -2.85. The summed E-state index contributed by atoms with van der Waals surface area (Å²) >= 11 is 6.22. The molecule has 5 heteroatoms. The van der Waals surface area contributed by atoms with E-state index in [1.165, 1.54) is 6.92 Å². The first-order chi connectivity index (χ1) is 12.5. The van der Waals surface area contributed by atoms with E-state index in [1.54, 1.807) is 43.3 Å². The van der Waals surface area contributed by atoms with Gasteiger partial charge in [-0.25, -0.2) is 0 Å². The van der Waals surface area contributed by atoms with E-state index in [0.717, 1.165) is 10.8 Å². The molecule has 26 heavy (non-hydrogen) atoms.